The van der Waals surface area contributed by atoms with Crippen LogP contribution in [0.4, 0.5) is 5.13 Å². The van der Waals surface area contributed by atoms with Crippen LogP contribution in [0.3, 0.4) is 0 Å². The summed E-state index contributed by atoms with van der Waals surface area (Å²) in [5, 5.41) is 11.1. The van der Waals surface area contributed by atoms with Gasteiger partial charge in [0.05, 0.1) is 17.9 Å². The van der Waals surface area contributed by atoms with Gasteiger partial charge in [0.25, 0.3) is 0 Å². The van der Waals surface area contributed by atoms with Crippen LogP contribution >= 0.6 is 11.3 Å². The summed E-state index contributed by atoms with van der Waals surface area (Å²) < 4.78 is 1.84. The predicted octanol–water partition coefficient (Wildman–Crippen LogP) is 3.43. The summed E-state index contributed by atoms with van der Waals surface area (Å²) in [7, 11) is 0. The summed E-state index contributed by atoms with van der Waals surface area (Å²) in [6.45, 7) is 7.57. The Kier molecular flexibility index (Phi) is 4.04. The highest BCUT2D eigenvalue weighted by Gasteiger charge is 2.28. The first-order chi connectivity index (χ1) is 10.4. The van der Waals surface area contributed by atoms with Crippen molar-refractivity contribution < 1.29 is 0 Å². The molecular weight excluding hydrogens is 294 g/mol. The monoisotopic (exact) mass is 317 g/mol. The van der Waals surface area contributed by atoms with Gasteiger partial charge in [-0.3, -0.25) is 0 Å². The van der Waals surface area contributed by atoms with E-state index in [4.69, 9.17) is 5.73 Å². The Labute approximate surface area is 135 Å². The van der Waals surface area contributed by atoms with E-state index in [0.29, 0.717) is 11.7 Å². The lowest BCUT2D eigenvalue weighted by molar-refractivity contribution is 0.358. The van der Waals surface area contributed by atoms with Crippen LogP contribution in [0.1, 0.15) is 51.4 Å². The highest BCUT2D eigenvalue weighted by atomic mass is 32.1. The zero-order valence-corrected chi connectivity index (χ0v) is 14.3. The van der Waals surface area contributed by atoms with Crippen molar-refractivity contribution in [1.82, 2.24) is 20.0 Å². The summed E-state index contributed by atoms with van der Waals surface area (Å²) in [5.41, 5.74) is 11.0. The molecule has 2 aromatic rings. The number of thiazole rings is 1. The zero-order valence-electron chi connectivity index (χ0n) is 13.5. The lowest BCUT2D eigenvalue weighted by Crippen LogP contribution is -2.22. The van der Waals surface area contributed by atoms with Crippen LogP contribution in [0, 0.1) is 5.41 Å². The van der Waals surface area contributed by atoms with Crippen LogP contribution < -0.4 is 5.73 Å². The number of aromatic nitrogens is 4. The summed E-state index contributed by atoms with van der Waals surface area (Å²) >= 11 is 1.46. The Morgan fingerprint density at radius 1 is 1.36 bits per heavy atom. The average molecular weight is 317 g/mol. The molecule has 0 saturated heterocycles. The van der Waals surface area contributed by atoms with Gasteiger partial charge in [-0.25, -0.2) is 9.67 Å². The third-order valence-corrected chi connectivity index (χ3v) is 5.25. The van der Waals surface area contributed by atoms with E-state index in [1.807, 2.05) is 16.3 Å². The van der Waals surface area contributed by atoms with E-state index in [1.54, 1.807) is 0 Å². The van der Waals surface area contributed by atoms with Gasteiger partial charge in [0.1, 0.15) is 0 Å². The van der Waals surface area contributed by atoms with Gasteiger partial charge in [-0.1, -0.05) is 30.2 Å². The molecule has 2 heterocycles. The lowest BCUT2D eigenvalue weighted by Gasteiger charge is -2.34. The molecule has 22 heavy (non-hydrogen) atoms. The molecule has 0 spiro atoms. The molecular formula is C16H23N5S. The van der Waals surface area contributed by atoms with Crippen molar-refractivity contribution in [3.05, 3.63) is 34.1 Å². The Morgan fingerprint density at radius 3 is 2.86 bits per heavy atom. The van der Waals surface area contributed by atoms with Crippen molar-refractivity contribution in [2.24, 2.45) is 5.41 Å². The van der Waals surface area contributed by atoms with Crippen molar-refractivity contribution in [3.63, 3.8) is 0 Å². The third-order valence-electron chi connectivity index (χ3n) is 4.52. The van der Waals surface area contributed by atoms with Crippen LogP contribution in [0.5, 0.6) is 0 Å². The second-order valence-corrected chi connectivity index (χ2v) is 7.65. The molecule has 0 amide bonds. The minimum absolute atomic E-state index is 0.273. The second kappa shape index (κ2) is 5.83. The van der Waals surface area contributed by atoms with Crippen molar-refractivity contribution in [2.45, 2.75) is 53.0 Å². The van der Waals surface area contributed by atoms with Crippen LogP contribution in [-0.2, 0) is 13.0 Å². The van der Waals surface area contributed by atoms with Crippen molar-refractivity contribution in [1.29, 1.82) is 0 Å². The summed E-state index contributed by atoms with van der Waals surface area (Å²) in [5.74, 6) is 0. The fourth-order valence-electron chi connectivity index (χ4n) is 3.30. The zero-order chi connectivity index (χ0) is 15.7. The van der Waals surface area contributed by atoms with Gasteiger partial charge in [0, 0.05) is 18.0 Å². The van der Waals surface area contributed by atoms with Gasteiger partial charge in [0.15, 0.2) is 5.13 Å². The van der Waals surface area contributed by atoms with E-state index >= 15 is 0 Å². The number of allylic oxidation sites excluding steroid dienone is 2. The number of nitrogen functional groups attached to an aromatic ring is 1. The number of hydrogen-bond acceptors (Lipinski definition) is 5. The molecule has 6 heteroatoms. The first-order valence-corrected chi connectivity index (χ1v) is 8.60. The number of nitrogens with two attached hydrogens (primary N) is 1. The molecule has 0 radical (unpaired) electrons. The van der Waals surface area contributed by atoms with Gasteiger partial charge in [-0.2, -0.15) is 0 Å². The van der Waals surface area contributed by atoms with Crippen molar-refractivity contribution >= 4 is 16.5 Å². The maximum absolute atomic E-state index is 5.66. The molecule has 0 fully saturated rings. The van der Waals surface area contributed by atoms with E-state index in [9.17, 15) is 0 Å². The number of anilines is 1. The first kappa shape index (κ1) is 15.2. The van der Waals surface area contributed by atoms with E-state index in [1.165, 1.54) is 41.7 Å². The normalized spacial score (nSPS) is 18.0. The highest BCUT2D eigenvalue weighted by molar-refractivity contribution is 7.13. The van der Waals surface area contributed by atoms with Gasteiger partial charge < -0.3 is 5.73 Å². The molecule has 0 aliphatic heterocycles. The summed E-state index contributed by atoms with van der Waals surface area (Å²) in [4.78, 5) is 4.26. The van der Waals surface area contributed by atoms with E-state index in [0.717, 1.165) is 17.8 Å². The van der Waals surface area contributed by atoms with E-state index in [2.05, 4.69) is 36.1 Å². The fourth-order valence-corrected chi connectivity index (χ4v) is 3.86. The van der Waals surface area contributed by atoms with Gasteiger partial charge >= 0.3 is 0 Å². The minimum Gasteiger partial charge on any atom is -0.375 e. The lowest BCUT2D eigenvalue weighted by atomic mass is 9.71. The molecule has 2 aromatic heterocycles. The largest absolute Gasteiger partial charge is 0.375 e. The molecule has 3 rings (SSSR count). The van der Waals surface area contributed by atoms with Crippen LogP contribution in [-0.4, -0.2) is 20.0 Å². The SMILES string of the molecule is CC1=C(Cc2cn(Cc3csc(N)n3)nn2)C(C)(C)CCC1. The smallest absolute Gasteiger partial charge is 0.180 e. The Balaban J connectivity index is 1.74. The van der Waals surface area contributed by atoms with Crippen LogP contribution in [0.15, 0.2) is 22.7 Å². The molecule has 0 atom stereocenters. The highest BCUT2D eigenvalue weighted by Crippen LogP contribution is 2.41. The Bertz CT molecular complexity index is 695. The second-order valence-electron chi connectivity index (χ2n) is 6.76. The molecule has 2 N–H and O–H groups in total. The fraction of sp³-hybridized carbons (Fsp3) is 0.562. The molecule has 0 unspecified atom stereocenters. The van der Waals surface area contributed by atoms with Crippen LogP contribution in [0.25, 0.3) is 0 Å². The summed E-state index contributed by atoms with van der Waals surface area (Å²) in [6, 6.07) is 0. The van der Waals surface area contributed by atoms with Gasteiger partial charge in [-0.05, 0) is 31.6 Å². The minimum atomic E-state index is 0.273. The van der Waals surface area contributed by atoms with Crippen molar-refractivity contribution in [2.75, 3.05) is 5.73 Å². The average Bonchev–Trinajstić information content (AvgIpc) is 3.04. The molecule has 118 valence electrons. The maximum Gasteiger partial charge on any atom is 0.180 e. The van der Waals surface area contributed by atoms with Gasteiger partial charge in [-0.15, -0.1) is 16.4 Å². The number of hydrogen-bond donors (Lipinski definition) is 1. The molecule has 0 bridgehead atoms. The molecule has 5 nitrogen and oxygen atoms in total. The topological polar surface area (TPSA) is 69.6 Å². The standard InChI is InChI=1S/C16H23N5S/c1-11-5-4-6-16(2,3)14(11)7-12-8-21(20-19-12)9-13-10-22-15(17)18-13/h8,10H,4-7,9H2,1-3H3,(H2,17,18). The third kappa shape index (κ3) is 3.21. The molecule has 0 aromatic carbocycles. The Hall–Kier alpha value is -1.69. The number of nitrogens with zero attached hydrogens (tertiary/aromatic N) is 4. The Morgan fingerprint density at radius 2 is 2.18 bits per heavy atom. The molecule has 1 aliphatic rings. The van der Waals surface area contributed by atoms with Gasteiger partial charge in [0.2, 0.25) is 0 Å². The van der Waals surface area contributed by atoms with E-state index in [-0.39, 0.29) is 5.41 Å². The van der Waals surface area contributed by atoms with Crippen LogP contribution in [0.2, 0.25) is 0 Å². The first-order valence-electron chi connectivity index (χ1n) is 7.72. The molecule has 0 saturated carbocycles. The number of rotatable bonds is 4. The maximum atomic E-state index is 5.66. The van der Waals surface area contributed by atoms with E-state index < -0.39 is 0 Å². The quantitative estimate of drug-likeness (QED) is 0.877. The predicted molar refractivity (Wildman–Crippen MR) is 89.7 cm³/mol. The summed E-state index contributed by atoms with van der Waals surface area (Å²) in [6.07, 6.45) is 6.69. The molecule has 1 aliphatic carbocycles. The van der Waals surface area contributed by atoms with Crippen molar-refractivity contribution in [3.8, 4) is 0 Å².